The lowest BCUT2D eigenvalue weighted by Gasteiger charge is -2.32. The van der Waals surface area contributed by atoms with Gasteiger partial charge in [0.2, 0.25) is 0 Å². The second kappa shape index (κ2) is 6.05. The van der Waals surface area contributed by atoms with Crippen molar-refractivity contribution in [2.45, 2.75) is 25.4 Å². The van der Waals surface area contributed by atoms with Crippen LogP contribution in [0.25, 0.3) is 0 Å². The first-order chi connectivity index (χ1) is 9.86. The molecule has 2 aromatic rings. The summed E-state index contributed by atoms with van der Waals surface area (Å²) in [6, 6.07) is 8.67. The fraction of sp³-hybridized carbons (Fsp3) is 0.467. The number of aromatic nitrogens is 3. The summed E-state index contributed by atoms with van der Waals surface area (Å²) in [5.74, 6) is 0.968. The average Bonchev–Trinajstić information content (AvgIpc) is 3.02. The molecule has 1 fully saturated rings. The normalized spacial score (nSPS) is 19.9. The SMILES string of the molecule is COc1ccccc1CN1CCC[C@@H](n2cncn2)C1. The number of para-hydroxylation sites is 1. The van der Waals surface area contributed by atoms with E-state index in [4.69, 9.17) is 4.74 Å². The van der Waals surface area contributed by atoms with Crippen LogP contribution in [0.1, 0.15) is 24.4 Å². The van der Waals surface area contributed by atoms with E-state index in [9.17, 15) is 0 Å². The van der Waals surface area contributed by atoms with Gasteiger partial charge >= 0.3 is 0 Å². The zero-order valence-corrected chi connectivity index (χ0v) is 11.8. The molecule has 1 aliphatic heterocycles. The van der Waals surface area contributed by atoms with Gasteiger partial charge in [-0.2, -0.15) is 5.10 Å². The van der Waals surface area contributed by atoms with Crippen LogP contribution < -0.4 is 4.74 Å². The lowest BCUT2D eigenvalue weighted by molar-refractivity contribution is 0.161. The summed E-state index contributed by atoms with van der Waals surface area (Å²) in [7, 11) is 1.73. The molecule has 0 spiro atoms. The maximum absolute atomic E-state index is 5.43. The van der Waals surface area contributed by atoms with Crippen LogP contribution in [0.3, 0.4) is 0 Å². The van der Waals surface area contributed by atoms with Crippen LogP contribution >= 0.6 is 0 Å². The molecule has 20 heavy (non-hydrogen) atoms. The molecule has 2 heterocycles. The van der Waals surface area contributed by atoms with Gasteiger partial charge in [0.1, 0.15) is 18.4 Å². The van der Waals surface area contributed by atoms with E-state index in [1.807, 2.05) is 23.1 Å². The van der Waals surface area contributed by atoms with E-state index in [0.29, 0.717) is 6.04 Å². The Balaban J connectivity index is 1.68. The summed E-state index contributed by atoms with van der Waals surface area (Å²) in [4.78, 5) is 6.51. The largest absolute Gasteiger partial charge is 0.496 e. The van der Waals surface area contributed by atoms with Crippen LogP contribution in [0.4, 0.5) is 0 Å². The summed E-state index contributed by atoms with van der Waals surface area (Å²) in [5, 5.41) is 4.27. The van der Waals surface area contributed by atoms with Crippen molar-refractivity contribution in [1.82, 2.24) is 19.7 Å². The van der Waals surface area contributed by atoms with Crippen molar-refractivity contribution < 1.29 is 4.74 Å². The highest BCUT2D eigenvalue weighted by atomic mass is 16.5. The molecule has 1 aromatic carbocycles. The van der Waals surface area contributed by atoms with E-state index >= 15 is 0 Å². The van der Waals surface area contributed by atoms with Gasteiger partial charge in [-0.25, -0.2) is 9.67 Å². The molecule has 0 unspecified atom stereocenters. The highest BCUT2D eigenvalue weighted by molar-refractivity contribution is 5.33. The van der Waals surface area contributed by atoms with E-state index < -0.39 is 0 Å². The smallest absolute Gasteiger partial charge is 0.137 e. The van der Waals surface area contributed by atoms with Crippen molar-refractivity contribution in [3.63, 3.8) is 0 Å². The van der Waals surface area contributed by atoms with Crippen molar-refractivity contribution in [2.75, 3.05) is 20.2 Å². The molecule has 0 bridgehead atoms. The van der Waals surface area contributed by atoms with Crippen LogP contribution in [0.5, 0.6) is 5.75 Å². The standard InChI is InChI=1S/C15H20N4O/c1-20-15-7-3-2-5-13(15)9-18-8-4-6-14(10-18)19-12-16-11-17-19/h2-3,5,7,11-12,14H,4,6,8-10H2,1H3/t14-/m1/s1. The van der Waals surface area contributed by atoms with Gasteiger partial charge in [-0.3, -0.25) is 4.90 Å². The molecule has 0 aliphatic carbocycles. The van der Waals surface area contributed by atoms with Crippen LogP contribution in [0.2, 0.25) is 0 Å². The zero-order chi connectivity index (χ0) is 13.8. The molecule has 5 nitrogen and oxygen atoms in total. The second-order valence-electron chi connectivity index (χ2n) is 5.22. The molecule has 1 aromatic heterocycles. The summed E-state index contributed by atoms with van der Waals surface area (Å²) >= 11 is 0. The topological polar surface area (TPSA) is 43.2 Å². The fourth-order valence-corrected chi connectivity index (χ4v) is 2.87. The molecule has 0 amide bonds. The van der Waals surface area contributed by atoms with Crippen molar-refractivity contribution in [3.8, 4) is 5.75 Å². The third-order valence-electron chi connectivity index (χ3n) is 3.88. The molecule has 1 saturated heterocycles. The molecular formula is C15H20N4O. The van der Waals surface area contributed by atoms with E-state index in [0.717, 1.165) is 25.4 Å². The first-order valence-corrected chi connectivity index (χ1v) is 7.05. The van der Waals surface area contributed by atoms with Gasteiger partial charge in [0.25, 0.3) is 0 Å². The predicted molar refractivity (Wildman–Crippen MR) is 76.6 cm³/mol. The molecule has 1 atom stereocenters. The number of benzene rings is 1. The van der Waals surface area contributed by atoms with Gasteiger partial charge in [0.05, 0.1) is 13.2 Å². The second-order valence-corrected chi connectivity index (χ2v) is 5.22. The minimum atomic E-state index is 0.431. The van der Waals surface area contributed by atoms with Gasteiger partial charge in [-0.15, -0.1) is 0 Å². The molecule has 0 radical (unpaired) electrons. The lowest BCUT2D eigenvalue weighted by Crippen LogP contribution is -2.36. The Kier molecular flexibility index (Phi) is 3.97. The van der Waals surface area contributed by atoms with Crippen LogP contribution in [0, 0.1) is 0 Å². The molecule has 1 aliphatic rings. The zero-order valence-electron chi connectivity index (χ0n) is 11.8. The number of likely N-dealkylation sites (tertiary alicyclic amines) is 1. The number of rotatable bonds is 4. The number of ether oxygens (including phenoxy) is 1. The average molecular weight is 272 g/mol. The third kappa shape index (κ3) is 2.82. The van der Waals surface area contributed by atoms with Crippen molar-refractivity contribution in [3.05, 3.63) is 42.5 Å². The highest BCUT2D eigenvalue weighted by Gasteiger charge is 2.22. The van der Waals surface area contributed by atoms with Gasteiger partial charge in [0, 0.05) is 18.7 Å². The first kappa shape index (κ1) is 13.1. The predicted octanol–water partition coefficient (Wildman–Crippen LogP) is 2.12. The van der Waals surface area contributed by atoms with Gasteiger partial charge in [-0.1, -0.05) is 18.2 Å². The number of nitrogens with zero attached hydrogens (tertiary/aromatic N) is 4. The molecular weight excluding hydrogens is 252 g/mol. The Labute approximate surface area is 119 Å². The molecule has 5 heteroatoms. The molecule has 106 valence electrons. The van der Waals surface area contributed by atoms with Crippen LogP contribution in [-0.4, -0.2) is 39.9 Å². The number of hydrogen-bond donors (Lipinski definition) is 0. The lowest BCUT2D eigenvalue weighted by atomic mass is 10.0. The van der Waals surface area contributed by atoms with Gasteiger partial charge in [0.15, 0.2) is 0 Å². The van der Waals surface area contributed by atoms with Crippen molar-refractivity contribution >= 4 is 0 Å². The summed E-state index contributed by atoms with van der Waals surface area (Å²) in [5.41, 5.74) is 1.24. The van der Waals surface area contributed by atoms with E-state index in [1.165, 1.54) is 18.4 Å². The maximum atomic E-state index is 5.43. The highest BCUT2D eigenvalue weighted by Crippen LogP contribution is 2.24. The molecule has 0 N–H and O–H groups in total. The fourth-order valence-electron chi connectivity index (χ4n) is 2.87. The van der Waals surface area contributed by atoms with E-state index in [-0.39, 0.29) is 0 Å². The van der Waals surface area contributed by atoms with Gasteiger partial charge in [-0.05, 0) is 25.5 Å². The first-order valence-electron chi connectivity index (χ1n) is 7.05. The Morgan fingerprint density at radius 3 is 3.05 bits per heavy atom. The summed E-state index contributed by atoms with van der Waals surface area (Å²) in [6.45, 7) is 3.07. The molecule has 0 saturated carbocycles. The maximum Gasteiger partial charge on any atom is 0.137 e. The van der Waals surface area contributed by atoms with Crippen LogP contribution in [-0.2, 0) is 6.54 Å². The Morgan fingerprint density at radius 1 is 1.35 bits per heavy atom. The number of methoxy groups -OCH3 is 1. The summed E-state index contributed by atoms with van der Waals surface area (Å²) in [6.07, 6.45) is 5.79. The Hall–Kier alpha value is -1.88. The quantitative estimate of drug-likeness (QED) is 0.855. The Morgan fingerprint density at radius 2 is 2.25 bits per heavy atom. The summed E-state index contributed by atoms with van der Waals surface area (Å²) < 4.78 is 7.41. The third-order valence-corrected chi connectivity index (χ3v) is 3.88. The molecule has 3 rings (SSSR count). The van der Waals surface area contributed by atoms with Gasteiger partial charge < -0.3 is 4.74 Å². The number of hydrogen-bond acceptors (Lipinski definition) is 4. The minimum Gasteiger partial charge on any atom is -0.496 e. The monoisotopic (exact) mass is 272 g/mol. The van der Waals surface area contributed by atoms with Crippen molar-refractivity contribution in [1.29, 1.82) is 0 Å². The Bertz CT molecular complexity index is 541. The van der Waals surface area contributed by atoms with Crippen molar-refractivity contribution in [2.24, 2.45) is 0 Å². The minimum absolute atomic E-state index is 0.431. The van der Waals surface area contributed by atoms with E-state index in [2.05, 4.69) is 27.1 Å². The van der Waals surface area contributed by atoms with Crippen LogP contribution in [0.15, 0.2) is 36.9 Å². The number of piperidine rings is 1. The van der Waals surface area contributed by atoms with E-state index in [1.54, 1.807) is 13.4 Å².